The molecule has 0 bridgehead atoms. The summed E-state index contributed by atoms with van der Waals surface area (Å²) >= 11 is 0. The van der Waals surface area contributed by atoms with Gasteiger partial charge in [0.15, 0.2) is 5.78 Å². The van der Waals surface area contributed by atoms with E-state index in [4.69, 9.17) is 0 Å². The molecule has 2 nitrogen and oxygen atoms in total. The topological polar surface area (TPSA) is 20.3 Å². The van der Waals surface area contributed by atoms with E-state index in [1.807, 2.05) is 14.1 Å². The highest BCUT2D eigenvalue weighted by molar-refractivity contribution is 6.02. The first-order valence-electron chi connectivity index (χ1n) is 7.93. The maximum atomic E-state index is 12.7. The summed E-state index contributed by atoms with van der Waals surface area (Å²) in [4.78, 5) is 14.8. The van der Waals surface area contributed by atoms with Crippen LogP contribution in [0.25, 0.3) is 6.08 Å². The first-order valence-corrected chi connectivity index (χ1v) is 7.93. The van der Waals surface area contributed by atoms with Crippen molar-refractivity contribution in [2.24, 2.45) is 17.8 Å². The summed E-state index contributed by atoms with van der Waals surface area (Å²) in [6.07, 6.45) is 4.26. The van der Waals surface area contributed by atoms with E-state index in [0.29, 0.717) is 17.6 Å². The average molecular weight is 285 g/mol. The standard InChI is InChI=1S/C19H27NO/c1-13(2)17-11-6-14(3)18(19(17)21)12-15-7-9-16(10-8-15)20(4)5/h7-10,12-14,17H,6,11H2,1-5H3/b18-12+/t14-,17+/m0/s1. The Balaban J connectivity index is 2.26. The summed E-state index contributed by atoms with van der Waals surface area (Å²) in [5, 5.41) is 0. The second-order valence-electron chi connectivity index (χ2n) is 6.78. The maximum absolute atomic E-state index is 12.7. The van der Waals surface area contributed by atoms with E-state index >= 15 is 0 Å². The fraction of sp³-hybridized carbons (Fsp3) is 0.526. The van der Waals surface area contributed by atoms with Gasteiger partial charge in [-0.2, -0.15) is 0 Å². The third-order valence-corrected chi connectivity index (χ3v) is 4.60. The van der Waals surface area contributed by atoms with Gasteiger partial charge in [-0.15, -0.1) is 0 Å². The number of allylic oxidation sites excluding steroid dienone is 1. The quantitative estimate of drug-likeness (QED) is 0.767. The van der Waals surface area contributed by atoms with Crippen LogP contribution in [0, 0.1) is 17.8 Å². The van der Waals surface area contributed by atoms with Crippen LogP contribution in [0.4, 0.5) is 5.69 Å². The zero-order valence-electron chi connectivity index (χ0n) is 13.9. The Bertz CT molecular complexity index is 525. The van der Waals surface area contributed by atoms with Crippen LogP contribution in [-0.4, -0.2) is 19.9 Å². The molecule has 0 spiro atoms. The van der Waals surface area contributed by atoms with E-state index in [0.717, 1.165) is 24.0 Å². The van der Waals surface area contributed by atoms with Gasteiger partial charge in [0.1, 0.15) is 0 Å². The van der Waals surface area contributed by atoms with E-state index in [2.05, 4.69) is 56.0 Å². The third-order valence-electron chi connectivity index (χ3n) is 4.60. The molecular weight excluding hydrogens is 258 g/mol. The van der Waals surface area contributed by atoms with Crippen molar-refractivity contribution in [1.29, 1.82) is 0 Å². The molecule has 1 saturated carbocycles. The van der Waals surface area contributed by atoms with E-state index < -0.39 is 0 Å². The van der Waals surface area contributed by atoms with Crippen molar-refractivity contribution in [2.45, 2.75) is 33.6 Å². The van der Waals surface area contributed by atoms with Gasteiger partial charge in [0.05, 0.1) is 0 Å². The highest BCUT2D eigenvalue weighted by Gasteiger charge is 2.32. The van der Waals surface area contributed by atoms with Crippen molar-refractivity contribution >= 4 is 17.5 Å². The molecule has 2 rings (SSSR count). The predicted octanol–water partition coefficient (Wildman–Crippen LogP) is 4.41. The molecule has 2 atom stereocenters. The van der Waals surface area contributed by atoms with Crippen LogP contribution in [-0.2, 0) is 4.79 Å². The normalized spacial score (nSPS) is 24.7. The fourth-order valence-electron chi connectivity index (χ4n) is 3.07. The molecule has 0 N–H and O–H groups in total. The smallest absolute Gasteiger partial charge is 0.162 e. The Morgan fingerprint density at radius 3 is 2.29 bits per heavy atom. The van der Waals surface area contributed by atoms with Gasteiger partial charge in [-0.25, -0.2) is 0 Å². The zero-order valence-corrected chi connectivity index (χ0v) is 13.9. The number of carbonyl (C=O) groups is 1. The lowest BCUT2D eigenvalue weighted by Crippen LogP contribution is -2.30. The van der Waals surface area contributed by atoms with Crippen LogP contribution < -0.4 is 4.90 Å². The summed E-state index contributed by atoms with van der Waals surface area (Å²) in [5.74, 6) is 1.37. The highest BCUT2D eigenvalue weighted by Crippen LogP contribution is 2.35. The van der Waals surface area contributed by atoms with Crippen molar-refractivity contribution in [3.8, 4) is 0 Å². The highest BCUT2D eigenvalue weighted by atomic mass is 16.1. The molecule has 0 aromatic heterocycles. The van der Waals surface area contributed by atoms with Crippen molar-refractivity contribution in [2.75, 3.05) is 19.0 Å². The second kappa shape index (κ2) is 6.46. The largest absolute Gasteiger partial charge is 0.378 e. The minimum atomic E-state index is 0.202. The van der Waals surface area contributed by atoms with Crippen molar-refractivity contribution in [3.05, 3.63) is 35.4 Å². The molecule has 0 aliphatic heterocycles. The summed E-state index contributed by atoms with van der Waals surface area (Å²) in [6, 6.07) is 8.40. The lowest BCUT2D eigenvalue weighted by atomic mass is 9.73. The molecule has 1 fully saturated rings. The lowest BCUT2D eigenvalue weighted by molar-refractivity contribution is -0.122. The third kappa shape index (κ3) is 3.55. The Labute approximate surface area is 128 Å². The number of rotatable bonds is 3. The van der Waals surface area contributed by atoms with Crippen LogP contribution in [0.1, 0.15) is 39.2 Å². The van der Waals surface area contributed by atoms with Crippen molar-refractivity contribution in [3.63, 3.8) is 0 Å². The molecule has 1 aliphatic carbocycles. The van der Waals surface area contributed by atoms with Gasteiger partial charge in [-0.05, 0) is 54.0 Å². The molecule has 0 saturated heterocycles. The molecule has 0 unspecified atom stereocenters. The van der Waals surface area contributed by atoms with Crippen LogP contribution in [0.5, 0.6) is 0 Å². The van der Waals surface area contributed by atoms with E-state index in [1.165, 1.54) is 5.69 Å². The molecule has 1 aromatic rings. The second-order valence-corrected chi connectivity index (χ2v) is 6.78. The van der Waals surface area contributed by atoms with E-state index in [1.54, 1.807) is 0 Å². The van der Waals surface area contributed by atoms with E-state index in [-0.39, 0.29) is 5.92 Å². The van der Waals surface area contributed by atoms with E-state index in [9.17, 15) is 4.79 Å². The van der Waals surface area contributed by atoms with Crippen LogP contribution in [0.3, 0.4) is 0 Å². The lowest BCUT2D eigenvalue weighted by Gasteiger charge is -2.30. The number of carbonyl (C=O) groups excluding carboxylic acids is 1. The number of nitrogens with zero attached hydrogens (tertiary/aromatic N) is 1. The van der Waals surface area contributed by atoms with Gasteiger partial charge in [-0.3, -0.25) is 4.79 Å². The Morgan fingerprint density at radius 2 is 1.76 bits per heavy atom. The maximum Gasteiger partial charge on any atom is 0.162 e. The molecule has 0 radical (unpaired) electrons. The molecule has 1 aliphatic rings. The van der Waals surface area contributed by atoms with Crippen LogP contribution in [0.15, 0.2) is 29.8 Å². The number of anilines is 1. The average Bonchev–Trinajstić information content (AvgIpc) is 2.43. The Morgan fingerprint density at radius 1 is 1.14 bits per heavy atom. The van der Waals surface area contributed by atoms with Crippen molar-refractivity contribution < 1.29 is 4.79 Å². The summed E-state index contributed by atoms with van der Waals surface area (Å²) in [5.41, 5.74) is 3.32. The molecule has 0 heterocycles. The number of ketones is 1. The number of benzene rings is 1. The minimum Gasteiger partial charge on any atom is -0.378 e. The molecule has 0 amide bonds. The monoisotopic (exact) mass is 285 g/mol. The summed E-state index contributed by atoms with van der Waals surface area (Å²) in [7, 11) is 4.07. The fourth-order valence-corrected chi connectivity index (χ4v) is 3.07. The molecule has 1 aromatic carbocycles. The minimum absolute atomic E-state index is 0.202. The van der Waals surface area contributed by atoms with Crippen LogP contribution in [0.2, 0.25) is 0 Å². The zero-order chi connectivity index (χ0) is 15.6. The van der Waals surface area contributed by atoms with Crippen molar-refractivity contribution in [1.82, 2.24) is 0 Å². The summed E-state index contributed by atoms with van der Waals surface area (Å²) in [6.45, 7) is 6.48. The molecule has 2 heteroatoms. The predicted molar refractivity (Wildman–Crippen MR) is 90.5 cm³/mol. The molecule has 114 valence electrons. The van der Waals surface area contributed by atoms with Crippen LogP contribution >= 0.6 is 0 Å². The first kappa shape index (κ1) is 15.8. The number of hydrogen-bond donors (Lipinski definition) is 0. The van der Waals surface area contributed by atoms with Gasteiger partial charge in [-0.1, -0.05) is 32.9 Å². The van der Waals surface area contributed by atoms with Gasteiger partial charge in [0, 0.05) is 25.7 Å². The Hall–Kier alpha value is -1.57. The van der Waals surface area contributed by atoms with Gasteiger partial charge < -0.3 is 4.90 Å². The Kier molecular flexibility index (Phi) is 4.87. The molecular formula is C19H27NO. The van der Waals surface area contributed by atoms with Gasteiger partial charge >= 0.3 is 0 Å². The SMILES string of the molecule is CC(C)[C@H]1CC[C@H](C)/C(=C\c2ccc(N(C)C)cc2)C1=O. The van der Waals surface area contributed by atoms with Gasteiger partial charge in [0.2, 0.25) is 0 Å². The first-order chi connectivity index (χ1) is 9.90. The number of hydrogen-bond acceptors (Lipinski definition) is 2. The number of Topliss-reactive ketones (excluding diaryl/α,β-unsaturated/α-hetero) is 1. The molecule has 21 heavy (non-hydrogen) atoms. The summed E-state index contributed by atoms with van der Waals surface area (Å²) < 4.78 is 0. The van der Waals surface area contributed by atoms with Gasteiger partial charge in [0.25, 0.3) is 0 Å².